The summed E-state index contributed by atoms with van der Waals surface area (Å²) < 4.78 is 108. The summed E-state index contributed by atoms with van der Waals surface area (Å²) in [5.41, 5.74) is 8.40. The van der Waals surface area contributed by atoms with E-state index in [4.69, 9.17) is 48.5 Å². The average Bonchev–Trinajstić information content (AvgIpc) is 3.91. The van der Waals surface area contributed by atoms with Crippen molar-refractivity contribution < 1.29 is 55.0 Å². The minimum Gasteiger partial charge on any atom is -0.476 e. The van der Waals surface area contributed by atoms with E-state index in [1.807, 2.05) is 0 Å². The third-order valence-corrected chi connectivity index (χ3v) is 13.5. The summed E-state index contributed by atoms with van der Waals surface area (Å²) in [7, 11) is -7.79. The molecule has 26 heteroatoms. The maximum Gasteiger partial charge on any atom is 0.406 e. The third-order valence-electron chi connectivity index (χ3n) is 10.3. The van der Waals surface area contributed by atoms with Crippen LogP contribution in [-0.4, -0.2) is 114 Å². The van der Waals surface area contributed by atoms with Crippen LogP contribution in [0.1, 0.15) is 65.8 Å². The van der Waals surface area contributed by atoms with Crippen LogP contribution in [0.5, 0.6) is 11.8 Å². The van der Waals surface area contributed by atoms with Crippen LogP contribution in [0.15, 0.2) is 12.7 Å². The molecule has 4 aromatic rings. The number of nitrogens with zero attached hydrogens (tertiary/aromatic N) is 8. The zero-order valence-corrected chi connectivity index (χ0v) is 33.9. The molecule has 2 unspecified atom stereocenters. The first kappa shape index (κ1) is 41.1. The minimum atomic E-state index is -3.89. The summed E-state index contributed by atoms with van der Waals surface area (Å²) in [6.45, 7) is 6.91. The van der Waals surface area contributed by atoms with E-state index in [-0.39, 0.29) is 72.3 Å². The molecule has 0 spiro atoms. The number of hydrogen-bond acceptors (Lipinski definition) is 18. The largest absolute Gasteiger partial charge is 0.476 e. The zero-order chi connectivity index (χ0) is 41.0. The first-order valence-electron chi connectivity index (χ1n) is 19.0. The second-order valence-corrected chi connectivity index (χ2v) is 18.1. The normalized spacial score (nSPS) is 34.7. The topological polar surface area (TPSA) is 271 Å². The predicted octanol–water partition coefficient (Wildman–Crippen LogP) is 3.67. The molecule has 4 aliphatic heterocycles. The molecule has 8 rings (SSSR count). The Morgan fingerprint density at radius 3 is 1.55 bits per heavy atom. The third kappa shape index (κ3) is 7.52. The highest BCUT2D eigenvalue weighted by molar-refractivity contribution is 7.52. The molecule has 4 fully saturated rings. The Hall–Kier alpha value is -3.70. The quantitative estimate of drug-likeness (QED) is 0.0981. The molecule has 4 saturated heterocycles. The molecule has 318 valence electrons. The molecule has 4 aromatic heterocycles. The van der Waals surface area contributed by atoms with Gasteiger partial charge in [0.1, 0.15) is 24.4 Å². The number of halogens is 2. The first-order valence-corrected chi connectivity index (χ1v) is 22.1. The molecule has 0 saturated carbocycles. The number of nitrogens with two attached hydrogens (primary N) is 2. The molecule has 0 bridgehead atoms. The van der Waals surface area contributed by atoms with E-state index in [0.717, 1.165) is 0 Å². The minimum absolute atomic E-state index is 0.0827. The molecular formula is C32H46F2N12O10P2. The average molecular weight is 859 g/mol. The van der Waals surface area contributed by atoms with Gasteiger partial charge in [-0.1, -0.05) is 12.8 Å². The van der Waals surface area contributed by atoms with Gasteiger partial charge < -0.3 is 30.4 Å². The van der Waals surface area contributed by atoms with E-state index >= 15 is 8.78 Å². The summed E-state index contributed by atoms with van der Waals surface area (Å²) in [6.07, 6.45) is -1.47. The molecule has 8 heterocycles. The maximum atomic E-state index is 16.5. The van der Waals surface area contributed by atoms with Gasteiger partial charge in [-0.25, -0.2) is 38.1 Å². The molecule has 6 N–H and O–H groups in total. The number of alkyl halides is 2. The lowest BCUT2D eigenvalue weighted by atomic mass is 9.98. The molecule has 0 amide bonds. The van der Waals surface area contributed by atoms with Crippen LogP contribution in [-0.2, 0) is 36.7 Å². The second-order valence-electron chi connectivity index (χ2n) is 14.5. The highest BCUT2D eigenvalue weighted by Crippen LogP contribution is 2.58. The summed E-state index contributed by atoms with van der Waals surface area (Å²) in [4.78, 5) is 25.2. The monoisotopic (exact) mass is 858 g/mol. The van der Waals surface area contributed by atoms with Crippen LogP contribution in [0.2, 0.25) is 0 Å². The van der Waals surface area contributed by atoms with Gasteiger partial charge in [-0.2, -0.15) is 19.9 Å². The van der Waals surface area contributed by atoms with Gasteiger partial charge in [0, 0.05) is 13.1 Å². The van der Waals surface area contributed by atoms with Crippen molar-refractivity contribution in [3.05, 3.63) is 12.7 Å². The fourth-order valence-corrected chi connectivity index (χ4v) is 10.8. The maximum absolute atomic E-state index is 16.5. The number of rotatable bonds is 15. The van der Waals surface area contributed by atoms with Gasteiger partial charge in [0.25, 0.3) is 0 Å². The number of aromatic nitrogens is 8. The van der Waals surface area contributed by atoms with E-state index in [1.165, 1.54) is 35.6 Å². The Kier molecular flexibility index (Phi) is 11.1. The molecule has 0 radical (unpaired) electrons. The number of hydrogen-bond donors (Lipinski definition) is 4. The Morgan fingerprint density at radius 1 is 0.741 bits per heavy atom. The summed E-state index contributed by atoms with van der Waals surface area (Å²) in [5, 5.41) is 5.62. The molecule has 0 aliphatic carbocycles. The van der Waals surface area contributed by atoms with Crippen molar-refractivity contribution >= 4 is 49.7 Å². The Balaban J connectivity index is 0.790. The van der Waals surface area contributed by atoms with Crippen LogP contribution in [0.4, 0.5) is 20.7 Å². The first-order chi connectivity index (χ1) is 27.7. The number of nitrogens with one attached hydrogen (secondary N) is 2. The van der Waals surface area contributed by atoms with Gasteiger partial charge in [-0.05, 0) is 40.5 Å². The van der Waals surface area contributed by atoms with Gasteiger partial charge in [-0.3, -0.25) is 27.2 Å². The van der Waals surface area contributed by atoms with Crippen molar-refractivity contribution in [1.29, 1.82) is 0 Å². The number of ether oxygens (including phenoxy) is 4. The molecular weight excluding hydrogens is 812 g/mol. The molecule has 4 aliphatic rings. The lowest BCUT2D eigenvalue weighted by Gasteiger charge is -2.34. The van der Waals surface area contributed by atoms with Crippen molar-refractivity contribution in [2.24, 2.45) is 0 Å². The number of anilines is 2. The van der Waals surface area contributed by atoms with Crippen molar-refractivity contribution in [1.82, 2.24) is 49.2 Å². The molecule has 22 nitrogen and oxygen atoms in total. The van der Waals surface area contributed by atoms with Crippen molar-refractivity contribution in [2.45, 2.75) is 102 Å². The Morgan fingerprint density at radius 2 is 1.16 bits per heavy atom. The van der Waals surface area contributed by atoms with E-state index < -0.39 is 63.7 Å². The fraction of sp³-hybridized carbons (Fsp3) is 0.688. The molecule has 10 atom stereocenters. The van der Waals surface area contributed by atoms with Gasteiger partial charge in [0.2, 0.25) is 23.7 Å². The van der Waals surface area contributed by atoms with Gasteiger partial charge in [0.05, 0.1) is 39.1 Å². The number of nitrogen functional groups attached to an aromatic ring is 2. The van der Waals surface area contributed by atoms with E-state index in [2.05, 4.69) is 40.1 Å². The van der Waals surface area contributed by atoms with Crippen LogP contribution in [0, 0.1) is 0 Å². The fourth-order valence-electron chi connectivity index (χ4n) is 7.55. The van der Waals surface area contributed by atoms with Gasteiger partial charge in [-0.15, -0.1) is 0 Å². The SMILES string of the molecule is CCOc1nc(N)nc2c1ncn2[C@@H]1O[C@@H]2COP(=O)(NCCCCCCNP3(=O)OC[C@H]4O[C@@H](n5cnc6c(OCC)nc(N)nc65)[C@](C)(F)[C@@H]4O3)O[C@H]2[C@@]1(C)F. The number of imidazole rings is 2. The standard InChI is InChI=1S/C32H46F2N12O10P2/c1-5-49-25-19-23(41-29(35)43-25)45(15-37-19)27-31(3,33)21-17(53-27)13-51-57(47,55-21)39-11-9-7-8-10-12-40-58(48)52-14-18-22(56-58)32(4,34)28(54-18)46-16-38-20-24(46)42-30(36)44-26(20)50-6-2/h15-18,21-22,27-28H,5-14H2,1-4H3,(H,39,47)(H,40,48)(H2,35,41,43)(H2,36,42,44)/t17-,18-,21-,22-,27-,28-,31-,32-,57?,58?/m1/s1. The summed E-state index contributed by atoms with van der Waals surface area (Å²) in [6, 6.07) is 0. The number of fused-ring (bicyclic) bond motifs is 4. The highest BCUT2D eigenvalue weighted by Gasteiger charge is 2.62. The van der Waals surface area contributed by atoms with Crippen LogP contribution < -0.4 is 31.1 Å². The lowest BCUT2D eigenvalue weighted by molar-refractivity contribution is -0.0608. The number of unbranched alkanes of at least 4 members (excludes halogenated alkanes) is 3. The van der Waals surface area contributed by atoms with Crippen molar-refractivity contribution in [3.63, 3.8) is 0 Å². The van der Waals surface area contributed by atoms with E-state index in [0.29, 0.717) is 38.9 Å². The Labute approximate surface area is 330 Å². The molecule has 0 aromatic carbocycles. The van der Waals surface area contributed by atoms with Crippen molar-refractivity contribution in [3.8, 4) is 11.8 Å². The summed E-state index contributed by atoms with van der Waals surface area (Å²) >= 11 is 0. The predicted molar refractivity (Wildman–Crippen MR) is 200 cm³/mol. The Bertz CT molecular complexity index is 2100. The van der Waals surface area contributed by atoms with Crippen LogP contribution in [0.3, 0.4) is 0 Å². The van der Waals surface area contributed by atoms with E-state index in [1.54, 1.807) is 13.8 Å². The van der Waals surface area contributed by atoms with Crippen LogP contribution in [0.25, 0.3) is 22.3 Å². The van der Waals surface area contributed by atoms with E-state index in [9.17, 15) is 9.13 Å². The zero-order valence-electron chi connectivity index (χ0n) is 32.2. The highest BCUT2D eigenvalue weighted by atomic mass is 31.2. The lowest BCUT2D eigenvalue weighted by Crippen LogP contribution is -2.46. The van der Waals surface area contributed by atoms with Gasteiger partial charge in [0.15, 0.2) is 46.1 Å². The van der Waals surface area contributed by atoms with Crippen molar-refractivity contribution in [2.75, 3.05) is 51.0 Å². The second kappa shape index (κ2) is 15.7. The van der Waals surface area contributed by atoms with Gasteiger partial charge >= 0.3 is 15.5 Å². The smallest absolute Gasteiger partial charge is 0.406 e. The summed E-state index contributed by atoms with van der Waals surface area (Å²) in [5.74, 6) is 0.153. The molecule has 58 heavy (non-hydrogen) atoms. The van der Waals surface area contributed by atoms with Crippen LogP contribution >= 0.6 is 15.5 Å².